The van der Waals surface area contributed by atoms with E-state index in [0.717, 1.165) is 0 Å². The van der Waals surface area contributed by atoms with Gasteiger partial charge in [0.05, 0.1) is 25.1 Å². The largest absolute Gasteiger partial charge is 0.421 e. The first kappa shape index (κ1) is 26.1. The monoisotopic (exact) mass is 647 g/mol. The van der Waals surface area contributed by atoms with E-state index in [1.807, 2.05) is 0 Å². The average molecular weight is 650 g/mol. The Labute approximate surface area is 229 Å². The van der Waals surface area contributed by atoms with Gasteiger partial charge in [0.25, 0.3) is 15.9 Å². The quantitative estimate of drug-likeness (QED) is 0.164. The normalized spacial score (nSPS) is 11.1. The van der Waals surface area contributed by atoms with Crippen LogP contribution in [0.2, 0.25) is 5.02 Å². The molecule has 4 aromatic rings. The molecule has 0 aliphatic heterocycles. The molecule has 0 aromatic heterocycles. The SMILES string of the molecule is O=C(Oc1c(Br)cc(N(C(=O)c2ccccc2)S(=O)(=O)c2ccc(Cl)cc2)cc1Br)c1ccccc1. The molecule has 0 aliphatic rings. The molecule has 6 nitrogen and oxygen atoms in total. The number of benzene rings is 4. The zero-order valence-electron chi connectivity index (χ0n) is 18.3. The van der Waals surface area contributed by atoms with Crippen LogP contribution in [-0.4, -0.2) is 20.3 Å². The van der Waals surface area contributed by atoms with Crippen molar-refractivity contribution in [3.63, 3.8) is 0 Å². The molecule has 0 unspecified atom stereocenters. The molecule has 0 atom stereocenters. The standard InChI is InChI=1S/C26H16Br2ClNO5S/c27-22-15-20(16-23(28)24(22)35-26(32)18-9-5-2-6-10-18)30(25(31)17-7-3-1-4-8-17)36(33,34)21-13-11-19(29)12-14-21/h1-16H. The fourth-order valence-electron chi connectivity index (χ4n) is 3.26. The Balaban J connectivity index is 1.80. The third kappa shape index (κ3) is 5.54. The van der Waals surface area contributed by atoms with Gasteiger partial charge in [0, 0.05) is 10.6 Å². The molecule has 0 bridgehead atoms. The van der Waals surface area contributed by atoms with Gasteiger partial charge < -0.3 is 4.74 Å². The maximum absolute atomic E-state index is 13.7. The van der Waals surface area contributed by atoms with Gasteiger partial charge in [-0.3, -0.25) is 4.79 Å². The van der Waals surface area contributed by atoms with Crippen molar-refractivity contribution >= 4 is 71.0 Å². The first-order valence-electron chi connectivity index (χ1n) is 10.3. The Morgan fingerprint density at radius 2 is 1.25 bits per heavy atom. The molecule has 0 spiro atoms. The molecule has 0 radical (unpaired) electrons. The smallest absolute Gasteiger partial charge is 0.343 e. The summed E-state index contributed by atoms with van der Waals surface area (Å²) in [7, 11) is -4.35. The van der Waals surface area contributed by atoms with Crippen LogP contribution in [0.15, 0.2) is 111 Å². The summed E-state index contributed by atoms with van der Waals surface area (Å²) < 4.78 is 34.1. The van der Waals surface area contributed by atoms with Gasteiger partial charge in [0.1, 0.15) is 0 Å². The van der Waals surface area contributed by atoms with Crippen LogP contribution in [0.4, 0.5) is 5.69 Å². The summed E-state index contributed by atoms with van der Waals surface area (Å²) in [6.45, 7) is 0. The summed E-state index contributed by atoms with van der Waals surface area (Å²) >= 11 is 12.6. The number of hydrogen-bond donors (Lipinski definition) is 0. The number of amides is 1. The molecule has 4 aromatic carbocycles. The highest BCUT2D eigenvalue weighted by atomic mass is 79.9. The van der Waals surface area contributed by atoms with Gasteiger partial charge in [0.15, 0.2) is 5.75 Å². The van der Waals surface area contributed by atoms with Gasteiger partial charge in [0.2, 0.25) is 0 Å². The van der Waals surface area contributed by atoms with Crippen LogP contribution in [-0.2, 0) is 10.0 Å². The molecule has 1 amide bonds. The van der Waals surface area contributed by atoms with E-state index in [0.29, 0.717) is 14.9 Å². The van der Waals surface area contributed by atoms with Gasteiger partial charge in [-0.05, 0) is 92.5 Å². The summed E-state index contributed by atoms with van der Waals surface area (Å²) in [5.74, 6) is -1.24. The van der Waals surface area contributed by atoms with Gasteiger partial charge in [-0.2, -0.15) is 4.31 Å². The van der Waals surface area contributed by atoms with Gasteiger partial charge in [-0.1, -0.05) is 48.0 Å². The Morgan fingerprint density at radius 1 is 0.750 bits per heavy atom. The van der Waals surface area contributed by atoms with E-state index in [2.05, 4.69) is 31.9 Å². The molecule has 4 rings (SSSR count). The lowest BCUT2D eigenvalue weighted by Gasteiger charge is -2.24. The van der Waals surface area contributed by atoms with Crippen LogP contribution in [0.5, 0.6) is 5.75 Å². The topological polar surface area (TPSA) is 80.8 Å². The van der Waals surface area contributed by atoms with Crippen molar-refractivity contribution < 1.29 is 22.7 Å². The second-order valence-electron chi connectivity index (χ2n) is 7.39. The van der Waals surface area contributed by atoms with Crippen LogP contribution < -0.4 is 9.04 Å². The van der Waals surface area contributed by atoms with Crippen LogP contribution >= 0.6 is 43.5 Å². The molecule has 0 fully saturated rings. The third-order valence-electron chi connectivity index (χ3n) is 4.98. The lowest BCUT2D eigenvalue weighted by atomic mass is 10.2. The van der Waals surface area contributed by atoms with Gasteiger partial charge in [-0.15, -0.1) is 0 Å². The highest BCUT2D eigenvalue weighted by Gasteiger charge is 2.33. The molecule has 0 N–H and O–H groups in total. The third-order valence-corrected chi connectivity index (χ3v) is 8.13. The number of carbonyl (C=O) groups is 2. The molecule has 0 aliphatic carbocycles. The lowest BCUT2D eigenvalue weighted by molar-refractivity contribution is 0.0732. The van der Waals surface area contributed by atoms with Crippen molar-refractivity contribution in [2.75, 3.05) is 4.31 Å². The van der Waals surface area contributed by atoms with Gasteiger partial charge in [-0.25, -0.2) is 13.2 Å². The number of rotatable bonds is 6. The van der Waals surface area contributed by atoms with E-state index < -0.39 is 21.9 Å². The van der Waals surface area contributed by atoms with E-state index >= 15 is 0 Å². The summed E-state index contributed by atoms with van der Waals surface area (Å²) in [5, 5.41) is 0.352. The molecule has 0 saturated heterocycles. The maximum Gasteiger partial charge on any atom is 0.343 e. The van der Waals surface area contributed by atoms with Crippen LogP contribution in [0.1, 0.15) is 20.7 Å². The second kappa shape index (κ2) is 11.0. The number of hydrogen-bond acceptors (Lipinski definition) is 5. The van der Waals surface area contributed by atoms with E-state index in [4.69, 9.17) is 16.3 Å². The van der Waals surface area contributed by atoms with Crippen molar-refractivity contribution in [2.45, 2.75) is 4.90 Å². The number of halogens is 3. The van der Waals surface area contributed by atoms with Crippen molar-refractivity contribution in [1.29, 1.82) is 0 Å². The summed E-state index contributed by atoms with van der Waals surface area (Å²) in [5.41, 5.74) is 0.533. The Morgan fingerprint density at radius 3 is 1.78 bits per heavy atom. The molecule has 36 heavy (non-hydrogen) atoms. The van der Waals surface area contributed by atoms with Crippen molar-refractivity contribution in [1.82, 2.24) is 0 Å². The minimum Gasteiger partial charge on any atom is -0.421 e. The van der Waals surface area contributed by atoms with Crippen LogP contribution in [0.3, 0.4) is 0 Å². The van der Waals surface area contributed by atoms with Gasteiger partial charge >= 0.3 is 5.97 Å². The molecule has 0 saturated carbocycles. The fourth-order valence-corrected chi connectivity index (χ4v) is 6.11. The predicted octanol–water partition coefficient (Wildman–Crippen LogP) is 7.12. The first-order valence-corrected chi connectivity index (χ1v) is 13.8. The Bertz CT molecular complexity index is 1510. The number of sulfonamides is 1. The lowest BCUT2D eigenvalue weighted by Crippen LogP contribution is -2.37. The number of carbonyl (C=O) groups excluding carboxylic acids is 2. The Hall–Kier alpha value is -2.98. The number of anilines is 1. The zero-order valence-corrected chi connectivity index (χ0v) is 23.0. The van der Waals surface area contributed by atoms with E-state index in [9.17, 15) is 18.0 Å². The minimum atomic E-state index is -4.35. The number of nitrogens with zero attached hydrogens (tertiary/aromatic N) is 1. The number of ether oxygens (including phenoxy) is 1. The fraction of sp³-hybridized carbons (Fsp3) is 0. The number of esters is 1. The zero-order chi connectivity index (χ0) is 25.9. The highest BCUT2D eigenvalue weighted by molar-refractivity contribution is 9.11. The van der Waals surface area contributed by atoms with Crippen molar-refractivity contribution in [3.8, 4) is 5.75 Å². The van der Waals surface area contributed by atoms with Crippen LogP contribution in [0.25, 0.3) is 0 Å². The van der Waals surface area contributed by atoms with E-state index in [-0.39, 0.29) is 30.8 Å². The van der Waals surface area contributed by atoms with E-state index in [1.165, 1.54) is 48.5 Å². The minimum absolute atomic E-state index is 0.0251. The maximum atomic E-state index is 13.7. The van der Waals surface area contributed by atoms with Crippen molar-refractivity contribution in [2.24, 2.45) is 0 Å². The summed E-state index contributed by atoms with van der Waals surface area (Å²) in [4.78, 5) is 26.0. The van der Waals surface area contributed by atoms with E-state index in [1.54, 1.807) is 48.5 Å². The highest BCUT2D eigenvalue weighted by Crippen LogP contribution is 2.40. The average Bonchev–Trinajstić information content (AvgIpc) is 2.87. The Kier molecular flexibility index (Phi) is 7.94. The summed E-state index contributed by atoms with van der Waals surface area (Å²) in [6, 6.07) is 24.7. The van der Waals surface area contributed by atoms with Crippen LogP contribution in [0, 0.1) is 0 Å². The molecule has 10 heteroatoms. The predicted molar refractivity (Wildman–Crippen MR) is 145 cm³/mol. The molecule has 182 valence electrons. The second-order valence-corrected chi connectivity index (χ2v) is 11.3. The first-order chi connectivity index (χ1) is 17.2. The molecule has 0 heterocycles. The molecular formula is C26H16Br2ClNO5S. The summed E-state index contributed by atoms with van der Waals surface area (Å²) in [6.07, 6.45) is 0. The van der Waals surface area contributed by atoms with Crippen molar-refractivity contribution in [3.05, 3.63) is 122 Å². The molecular weight excluding hydrogens is 634 g/mol.